The zero-order valence-electron chi connectivity index (χ0n) is 12.4. The Morgan fingerprint density at radius 2 is 2.14 bits per heavy atom. The van der Waals surface area contributed by atoms with Gasteiger partial charge < -0.3 is 14.2 Å². The minimum absolute atomic E-state index is 0.314. The zero-order chi connectivity index (χ0) is 15.8. The maximum atomic E-state index is 11.5. The molecule has 2 unspecified atom stereocenters. The third-order valence-electron chi connectivity index (χ3n) is 3.93. The summed E-state index contributed by atoms with van der Waals surface area (Å²) in [6.45, 7) is 1.72. The Balaban J connectivity index is 1.98. The Bertz CT molecular complexity index is 676. The standard InChI is InChI=1S/C16H16N2O4/c1-11(19)18-16-15(10-17,7-8-21-16)9-14(22-16)12-3-5-13(20-2)6-4-12/h3-6,9H,7-8H2,1-2H3,(H,18,19). The third kappa shape index (κ3) is 2.02. The van der Waals surface area contributed by atoms with Gasteiger partial charge in [0.25, 0.3) is 0 Å². The van der Waals surface area contributed by atoms with Gasteiger partial charge in [-0.05, 0) is 30.3 Å². The number of nitriles is 1. The Morgan fingerprint density at radius 1 is 1.41 bits per heavy atom. The van der Waals surface area contributed by atoms with Gasteiger partial charge in [0.1, 0.15) is 11.5 Å². The molecule has 0 spiro atoms. The zero-order valence-corrected chi connectivity index (χ0v) is 12.4. The molecule has 1 aromatic carbocycles. The first-order valence-electron chi connectivity index (χ1n) is 6.94. The number of methoxy groups -OCH3 is 1. The van der Waals surface area contributed by atoms with E-state index in [2.05, 4.69) is 11.4 Å². The first-order valence-corrected chi connectivity index (χ1v) is 6.94. The predicted octanol–water partition coefficient (Wildman–Crippen LogP) is 1.79. The lowest BCUT2D eigenvalue weighted by Crippen LogP contribution is -2.56. The summed E-state index contributed by atoms with van der Waals surface area (Å²) in [5.41, 5.74) is -0.230. The normalized spacial score (nSPS) is 29.0. The molecular formula is C16H16N2O4. The summed E-state index contributed by atoms with van der Waals surface area (Å²) in [5.74, 6) is -0.517. The van der Waals surface area contributed by atoms with E-state index in [0.29, 0.717) is 18.8 Å². The van der Waals surface area contributed by atoms with E-state index in [9.17, 15) is 10.1 Å². The Morgan fingerprint density at radius 3 is 2.73 bits per heavy atom. The van der Waals surface area contributed by atoms with Crippen molar-refractivity contribution in [2.75, 3.05) is 13.7 Å². The summed E-state index contributed by atoms with van der Waals surface area (Å²) in [6, 6.07) is 9.51. The van der Waals surface area contributed by atoms with Crippen molar-refractivity contribution in [3.8, 4) is 11.8 Å². The van der Waals surface area contributed by atoms with Crippen LogP contribution in [0.5, 0.6) is 5.75 Å². The summed E-state index contributed by atoms with van der Waals surface area (Å²) >= 11 is 0. The summed E-state index contributed by atoms with van der Waals surface area (Å²) in [6.07, 6.45) is 2.20. The van der Waals surface area contributed by atoms with Crippen LogP contribution in [0.4, 0.5) is 0 Å². The fraction of sp³-hybridized carbons (Fsp3) is 0.375. The first kappa shape index (κ1) is 14.4. The van der Waals surface area contributed by atoms with Crippen LogP contribution in [0.3, 0.4) is 0 Å². The summed E-state index contributed by atoms with van der Waals surface area (Å²) < 4.78 is 16.6. The number of fused-ring (bicyclic) bond motifs is 1. The highest BCUT2D eigenvalue weighted by Gasteiger charge is 2.64. The van der Waals surface area contributed by atoms with Gasteiger partial charge in [-0.1, -0.05) is 0 Å². The van der Waals surface area contributed by atoms with E-state index in [1.54, 1.807) is 25.3 Å². The molecule has 2 atom stereocenters. The maximum absolute atomic E-state index is 11.5. The van der Waals surface area contributed by atoms with Crippen molar-refractivity contribution in [2.24, 2.45) is 5.41 Å². The molecule has 1 aromatic rings. The van der Waals surface area contributed by atoms with Crippen molar-refractivity contribution in [2.45, 2.75) is 19.3 Å². The molecular weight excluding hydrogens is 284 g/mol. The van der Waals surface area contributed by atoms with E-state index in [0.717, 1.165) is 11.3 Å². The quantitative estimate of drug-likeness (QED) is 0.920. The van der Waals surface area contributed by atoms with Crippen molar-refractivity contribution in [1.82, 2.24) is 5.32 Å². The summed E-state index contributed by atoms with van der Waals surface area (Å²) in [5, 5.41) is 12.3. The van der Waals surface area contributed by atoms with Crippen molar-refractivity contribution in [1.29, 1.82) is 5.26 Å². The molecule has 22 heavy (non-hydrogen) atoms. The van der Waals surface area contributed by atoms with Crippen LogP contribution in [-0.2, 0) is 14.3 Å². The van der Waals surface area contributed by atoms with Crippen LogP contribution in [0, 0.1) is 16.7 Å². The van der Waals surface area contributed by atoms with Crippen molar-refractivity contribution in [3.05, 3.63) is 35.9 Å². The molecule has 1 amide bonds. The number of nitrogens with one attached hydrogen (secondary N) is 1. The Labute approximate surface area is 128 Å². The largest absolute Gasteiger partial charge is 0.497 e. The number of benzene rings is 1. The molecule has 114 valence electrons. The lowest BCUT2D eigenvalue weighted by atomic mass is 9.84. The second kappa shape index (κ2) is 5.04. The number of hydrogen-bond donors (Lipinski definition) is 1. The lowest BCUT2D eigenvalue weighted by molar-refractivity contribution is -0.208. The third-order valence-corrected chi connectivity index (χ3v) is 3.93. The monoisotopic (exact) mass is 300 g/mol. The first-order chi connectivity index (χ1) is 10.5. The molecule has 0 radical (unpaired) electrons. The minimum Gasteiger partial charge on any atom is -0.497 e. The molecule has 1 saturated heterocycles. The topological polar surface area (TPSA) is 80.6 Å². The molecule has 6 heteroatoms. The van der Waals surface area contributed by atoms with Crippen LogP contribution in [0.1, 0.15) is 18.9 Å². The van der Waals surface area contributed by atoms with E-state index < -0.39 is 11.3 Å². The van der Waals surface area contributed by atoms with Crippen molar-refractivity contribution >= 4 is 11.7 Å². The number of rotatable bonds is 3. The molecule has 0 bridgehead atoms. The van der Waals surface area contributed by atoms with Crippen LogP contribution < -0.4 is 10.1 Å². The highest BCUT2D eigenvalue weighted by atomic mass is 16.7. The van der Waals surface area contributed by atoms with Gasteiger partial charge >= 0.3 is 5.91 Å². The van der Waals surface area contributed by atoms with Gasteiger partial charge in [0.2, 0.25) is 5.91 Å². The molecule has 2 aliphatic heterocycles. The van der Waals surface area contributed by atoms with Crippen LogP contribution in [0.2, 0.25) is 0 Å². The van der Waals surface area contributed by atoms with E-state index in [1.807, 2.05) is 12.1 Å². The number of nitrogens with zero attached hydrogens (tertiary/aromatic N) is 1. The summed E-state index contributed by atoms with van der Waals surface area (Å²) in [4.78, 5) is 11.5. The van der Waals surface area contributed by atoms with Gasteiger partial charge in [0.05, 0.1) is 19.8 Å². The number of ether oxygens (including phenoxy) is 3. The number of hydrogen-bond acceptors (Lipinski definition) is 5. The molecule has 6 nitrogen and oxygen atoms in total. The van der Waals surface area contributed by atoms with Crippen molar-refractivity contribution in [3.63, 3.8) is 0 Å². The molecule has 0 saturated carbocycles. The second-order valence-electron chi connectivity index (χ2n) is 5.32. The van der Waals surface area contributed by atoms with Crippen molar-refractivity contribution < 1.29 is 19.0 Å². The van der Waals surface area contributed by atoms with Gasteiger partial charge in [-0.3, -0.25) is 10.1 Å². The van der Waals surface area contributed by atoms with Gasteiger partial charge in [-0.2, -0.15) is 5.26 Å². The average Bonchev–Trinajstić information content (AvgIpc) is 2.98. The second-order valence-corrected chi connectivity index (χ2v) is 5.32. The number of carbonyl (C=O) groups is 1. The Hall–Kier alpha value is -2.52. The van der Waals surface area contributed by atoms with Gasteiger partial charge in [-0.25, -0.2) is 0 Å². The minimum atomic E-state index is -1.44. The maximum Gasteiger partial charge on any atom is 0.317 e. The van der Waals surface area contributed by atoms with Gasteiger partial charge in [0, 0.05) is 18.9 Å². The fourth-order valence-corrected chi connectivity index (χ4v) is 2.81. The molecule has 2 heterocycles. The SMILES string of the molecule is COc1ccc(C2=CC3(C#N)CCOC3(NC(C)=O)O2)cc1. The van der Waals surface area contributed by atoms with E-state index in [1.165, 1.54) is 6.92 Å². The highest BCUT2D eigenvalue weighted by Crippen LogP contribution is 2.52. The average molecular weight is 300 g/mol. The van der Waals surface area contributed by atoms with E-state index in [4.69, 9.17) is 14.2 Å². The van der Waals surface area contributed by atoms with Gasteiger partial charge in [0.15, 0.2) is 5.41 Å². The van der Waals surface area contributed by atoms with Gasteiger partial charge in [-0.15, -0.1) is 0 Å². The van der Waals surface area contributed by atoms with Crippen LogP contribution >= 0.6 is 0 Å². The Kier molecular flexibility index (Phi) is 3.30. The molecule has 1 N–H and O–H groups in total. The summed E-state index contributed by atoms with van der Waals surface area (Å²) in [7, 11) is 1.59. The highest BCUT2D eigenvalue weighted by molar-refractivity contribution is 5.75. The molecule has 2 aliphatic rings. The molecule has 0 aliphatic carbocycles. The van der Waals surface area contributed by atoms with Crippen LogP contribution in [-0.4, -0.2) is 25.5 Å². The van der Waals surface area contributed by atoms with Crippen LogP contribution in [0.25, 0.3) is 5.76 Å². The number of carbonyl (C=O) groups excluding carboxylic acids is 1. The number of amides is 1. The predicted molar refractivity (Wildman–Crippen MR) is 77.2 cm³/mol. The fourth-order valence-electron chi connectivity index (χ4n) is 2.81. The molecule has 3 rings (SSSR count). The molecule has 0 aromatic heterocycles. The van der Waals surface area contributed by atoms with E-state index >= 15 is 0 Å². The molecule has 1 fully saturated rings. The van der Waals surface area contributed by atoms with Crippen LogP contribution in [0.15, 0.2) is 30.3 Å². The smallest absolute Gasteiger partial charge is 0.317 e. The lowest BCUT2D eigenvalue weighted by Gasteiger charge is -2.32. The van der Waals surface area contributed by atoms with E-state index in [-0.39, 0.29) is 5.91 Å².